The van der Waals surface area contributed by atoms with Crippen LogP contribution in [-0.4, -0.2) is 74.9 Å². The van der Waals surface area contributed by atoms with E-state index >= 15 is 0 Å². The summed E-state index contributed by atoms with van der Waals surface area (Å²) >= 11 is 0. The Morgan fingerprint density at radius 1 is 1.17 bits per heavy atom. The van der Waals surface area contributed by atoms with E-state index in [0.29, 0.717) is 11.5 Å². The van der Waals surface area contributed by atoms with E-state index < -0.39 is 0 Å². The van der Waals surface area contributed by atoms with Gasteiger partial charge in [-0.25, -0.2) is 0 Å². The molecule has 0 aromatic rings. The Morgan fingerprint density at radius 2 is 1.89 bits per heavy atom. The Hall–Kier alpha value is -0.160. The van der Waals surface area contributed by atoms with Crippen molar-refractivity contribution in [3.8, 4) is 0 Å². The van der Waals surface area contributed by atoms with Crippen LogP contribution in [-0.2, 0) is 4.74 Å². The van der Waals surface area contributed by atoms with Crippen LogP contribution >= 0.6 is 0 Å². The molecule has 1 N–H and O–H groups in total. The van der Waals surface area contributed by atoms with Gasteiger partial charge in [-0.3, -0.25) is 9.80 Å². The highest BCUT2D eigenvalue weighted by Gasteiger charge is 2.45. The van der Waals surface area contributed by atoms with Gasteiger partial charge in [-0.15, -0.1) is 0 Å². The van der Waals surface area contributed by atoms with Crippen LogP contribution in [0.2, 0.25) is 0 Å². The molecule has 104 valence electrons. The van der Waals surface area contributed by atoms with Crippen molar-refractivity contribution in [2.45, 2.75) is 25.8 Å². The molecule has 18 heavy (non-hydrogen) atoms. The fourth-order valence-corrected chi connectivity index (χ4v) is 3.23. The van der Waals surface area contributed by atoms with Crippen LogP contribution in [0.15, 0.2) is 0 Å². The fourth-order valence-electron chi connectivity index (χ4n) is 3.23. The van der Waals surface area contributed by atoms with Gasteiger partial charge in [0.1, 0.15) is 0 Å². The zero-order valence-electron chi connectivity index (χ0n) is 11.7. The lowest BCUT2D eigenvalue weighted by atomic mass is 10.1. The number of rotatable bonds is 3. The highest BCUT2D eigenvalue weighted by molar-refractivity contribution is 5.00. The van der Waals surface area contributed by atoms with E-state index in [1.807, 2.05) is 0 Å². The molecule has 0 bridgehead atoms. The molecule has 1 aliphatic carbocycles. The van der Waals surface area contributed by atoms with Gasteiger partial charge in [-0.05, 0) is 25.2 Å². The summed E-state index contributed by atoms with van der Waals surface area (Å²) in [6.45, 7) is 12.6. The van der Waals surface area contributed by atoms with Gasteiger partial charge in [0.15, 0.2) is 0 Å². The fraction of sp³-hybridized carbons (Fsp3) is 1.00. The van der Waals surface area contributed by atoms with Gasteiger partial charge in [0, 0.05) is 51.9 Å². The van der Waals surface area contributed by atoms with Gasteiger partial charge in [0.25, 0.3) is 0 Å². The Kier molecular flexibility index (Phi) is 3.89. The average molecular weight is 253 g/mol. The molecule has 2 heterocycles. The highest BCUT2D eigenvalue weighted by atomic mass is 16.5. The van der Waals surface area contributed by atoms with Crippen LogP contribution < -0.4 is 5.32 Å². The first-order chi connectivity index (χ1) is 8.76. The van der Waals surface area contributed by atoms with Crippen LogP contribution in [0.1, 0.15) is 19.8 Å². The summed E-state index contributed by atoms with van der Waals surface area (Å²) in [7, 11) is 0. The van der Waals surface area contributed by atoms with E-state index in [9.17, 15) is 0 Å². The average Bonchev–Trinajstić information content (AvgIpc) is 3.17. The summed E-state index contributed by atoms with van der Waals surface area (Å²) in [6, 6.07) is 0.648. The second-order valence-electron chi connectivity index (χ2n) is 6.47. The predicted molar refractivity (Wildman–Crippen MR) is 72.8 cm³/mol. The number of ether oxygens (including phenoxy) is 1. The van der Waals surface area contributed by atoms with E-state index in [1.165, 1.54) is 45.6 Å². The lowest BCUT2D eigenvalue weighted by Crippen LogP contribution is -2.43. The lowest BCUT2D eigenvalue weighted by Gasteiger charge is -2.31. The topological polar surface area (TPSA) is 27.7 Å². The van der Waals surface area contributed by atoms with Gasteiger partial charge in [-0.2, -0.15) is 0 Å². The monoisotopic (exact) mass is 253 g/mol. The smallest absolute Gasteiger partial charge is 0.0594 e. The SMILES string of the molecule is CC1CN(CCN2CCOCC2)CC2(CC2)CN1. The predicted octanol–water partition coefficient (Wildman–Crippen LogP) is 0.393. The van der Waals surface area contributed by atoms with E-state index in [1.54, 1.807) is 0 Å². The minimum Gasteiger partial charge on any atom is -0.379 e. The molecule has 2 saturated heterocycles. The molecular formula is C14H27N3O. The summed E-state index contributed by atoms with van der Waals surface area (Å²) < 4.78 is 5.41. The van der Waals surface area contributed by atoms with Crippen molar-refractivity contribution in [3.05, 3.63) is 0 Å². The highest BCUT2D eigenvalue weighted by Crippen LogP contribution is 2.46. The molecule has 3 rings (SSSR count). The maximum absolute atomic E-state index is 5.41. The Labute approximate surface area is 111 Å². The van der Waals surface area contributed by atoms with Crippen molar-refractivity contribution in [1.82, 2.24) is 15.1 Å². The molecular weight excluding hydrogens is 226 g/mol. The van der Waals surface area contributed by atoms with Crippen molar-refractivity contribution in [1.29, 1.82) is 0 Å². The third-order valence-electron chi connectivity index (χ3n) is 4.71. The number of morpholine rings is 1. The Bertz CT molecular complexity index is 274. The third kappa shape index (κ3) is 3.23. The summed E-state index contributed by atoms with van der Waals surface area (Å²) in [5.74, 6) is 0. The second kappa shape index (κ2) is 5.45. The molecule has 4 heteroatoms. The normalized spacial score (nSPS) is 33.5. The maximum atomic E-state index is 5.41. The number of nitrogens with zero attached hydrogens (tertiary/aromatic N) is 2. The zero-order chi connectivity index (χ0) is 12.4. The second-order valence-corrected chi connectivity index (χ2v) is 6.47. The maximum Gasteiger partial charge on any atom is 0.0594 e. The quantitative estimate of drug-likeness (QED) is 0.787. The first-order valence-corrected chi connectivity index (χ1v) is 7.52. The number of nitrogens with one attached hydrogen (secondary N) is 1. The van der Waals surface area contributed by atoms with Crippen LogP contribution in [0.5, 0.6) is 0 Å². The van der Waals surface area contributed by atoms with Crippen LogP contribution in [0, 0.1) is 5.41 Å². The standard InChI is InChI=1S/C14H27N3O/c1-13-10-17(12-14(2-3-14)11-15-13)5-4-16-6-8-18-9-7-16/h13,15H,2-12H2,1H3. The first kappa shape index (κ1) is 12.9. The van der Waals surface area contributed by atoms with Gasteiger partial charge >= 0.3 is 0 Å². The van der Waals surface area contributed by atoms with Crippen molar-refractivity contribution in [3.63, 3.8) is 0 Å². The Balaban J connectivity index is 1.47. The summed E-state index contributed by atoms with van der Waals surface area (Å²) in [5.41, 5.74) is 0.635. The number of hydrogen-bond acceptors (Lipinski definition) is 4. The van der Waals surface area contributed by atoms with Gasteiger partial charge in [-0.1, -0.05) is 0 Å². The molecule has 1 unspecified atom stereocenters. The van der Waals surface area contributed by atoms with Crippen molar-refractivity contribution < 1.29 is 4.74 Å². The first-order valence-electron chi connectivity index (χ1n) is 7.52. The summed E-state index contributed by atoms with van der Waals surface area (Å²) in [5, 5.41) is 3.69. The van der Waals surface area contributed by atoms with Gasteiger partial charge < -0.3 is 10.1 Å². The zero-order valence-corrected chi connectivity index (χ0v) is 11.7. The molecule has 3 aliphatic rings. The molecule has 0 aromatic carbocycles. The molecule has 0 aromatic heterocycles. The van der Waals surface area contributed by atoms with Gasteiger partial charge in [0.05, 0.1) is 13.2 Å². The molecule has 3 fully saturated rings. The van der Waals surface area contributed by atoms with Crippen LogP contribution in [0.3, 0.4) is 0 Å². The molecule has 1 saturated carbocycles. The van der Waals surface area contributed by atoms with E-state index in [2.05, 4.69) is 22.0 Å². The van der Waals surface area contributed by atoms with Crippen molar-refractivity contribution in [2.24, 2.45) is 5.41 Å². The molecule has 0 amide bonds. The number of hydrogen-bond donors (Lipinski definition) is 1. The summed E-state index contributed by atoms with van der Waals surface area (Å²) in [6.07, 6.45) is 2.86. The minimum atomic E-state index is 0.635. The summed E-state index contributed by atoms with van der Waals surface area (Å²) in [4.78, 5) is 5.24. The molecule has 2 aliphatic heterocycles. The molecule has 0 radical (unpaired) electrons. The van der Waals surface area contributed by atoms with Crippen molar-refractivity contribution in [2.75, 3.05) is 59.0 Å². The van der Waals surface area contributed by atoms with E-state index in [-0.39, 0.29) is 0 Å². The third-order valence-corrected chi connectivity index (χ3v) is 4.71. The molecule has 1 atom stereocenters. The van der Waals surface area contributed by atoms with Gasteiger partial charge in [0.2, 0.25) is 0 Å². The molecule has 1 spiro atoms. The lowest BCUT2D eigenvalue weighted by molar-refractivity contribution is 0.0326. The van der Waals surface area contributed by atoms with Crippen molar-refractivity contribution >= 4 is 0 Å². The molecule has 4 nitrogen and oxygen atoms in total. The van der Waals surface area contributed by atoms with E-state index in [0.717, 1.165) is 26.3 Å². The van der Waals surface area contributed by atoms with E-state index in [4.69, 9.17) is 4.74 Å². The largest absolute Gasteiger partial charge is 0.379 e. The van der Waals surface area contributed by atoms with Crippen LogP contribution in [0.4, 0.5) is 0 Å². The minimum absolute atomic E-state index is 0.635. The van der Waals surface area contributed by atoms with Crippen LogP contribution in [0.25, 0.3) is 0 Å². The Morgan fingerprint density at radius 3 is 2.61 bits per heavy atom.